The van der Waals surface area contributed by atoms with Gasteiger partial charge in [-0.3, -0.25) is 4.79 Å². The van der Waals surface area contributed by atoms with Crippen LogP contribution in [-0.2, 0) is 4.79 Å². The summed E-state index contributed by atoms with van der Waals surface area (Å²) < 4.78 is 0. The SMILES string of the molecule is CCCCNC(=O)CC(C)=N. The summed E-state index contributed by atoms with van der Waals surface area (Å²) in [6, 6.07) is 0. The Bertz CT molecular complexity index is 143. The molecule has 0 aliphatic heterocycles. The fourth-order valence-corrected chi connectivity index (χ4v) is 0.708. The highest BCUT2D eigenvalue weighted by Gasteiger charge is 1.99. The fourth-order valence-electron chi connectivity index (χ4n) is 0.708. The molecule has 2 N–H and O–H groups in total. The van der Waals surface area contributed by atoms with Crippen LogP contribution >= 0.6 is 0 Å². The molecule has 0 bridgehead atoms. The van der Waals surface area contributed by atoms with Crippen LogP contribution in [0.5, 0.6) is 0 Å². The summed E-state index contributed by atoms with van der Waals surface area (Å²) in [5, 5.41) is 9.78. The number of rotatable bonds is 5. The van der Waals surface area contributed by atoms with Crippen molar-refractivity contribution in [3.05, 3.63) is 0 Å². The first-order chi connectivity index (χ1) is 5.16. The predicted octanol–water partition coefficient (Wildman–Crippen LogP) is 1.33. The molecule has 0 spiro atoms. The molecule has 0 unspecified atom stereocenters. The molecular weight excluding hydrogens is 140 g/mol. The molecule has 0 radical (unpaired) electrons. The Morgan fingerprint density at radius 1 is 1.55 bits per heavy atom. The van der Waals surface area contributed by atoms with Gasteiger partial charge in [0.1, 0.15) is 0 Å². The van der Waals surface area contributed by atoms with Gasteiger partial charge < -0.3 is 10.7 Å². The number of hydrogen-bond acceptors (Lipinski definition) is 2. The molecule has 11 heavy (non-hydrogen) atoms. The lowest BCUT2D eigenvalue weighted by Gasteiger charge is -2.01. The van der Waals surface area contributed by atoms with Crippen LogP contribution in [-0.4, -0.2) is 18.2 Å². The molecule has 0 fully saturated rings. The summed E-state index contributed by atoms with van der Waals surface area (Å²) in [7, 11) is 0. The van der Waals surface area contributed by atoms with Crippen LogP contribution in [0.25, 0.3) is 0 Å². The Morgan fingerprint density at radius 2 is 2.18 bits per heavy atom. The van der Waals surface area contributed by atoms with Gasteiger partial charge in [0.2, 0.25) is 5.91 Å². The van der Waals surface area contributed by atoms with Crippen molar-refractivity contribution < 1.29 is 4.79 Å². The number of carbonyl (C=O) groups is 1. The van der Waals surface area contributed by atoms with Crippen molar-refractivity contribution in [2.45, 2.75) is 33.1 Å². The minimum absolute atomic E-state index is 0.0362. The van der Waals surface area contributed by atoms with Crippen LogP contribution in [0, 0.1) is 5.41 Å². The Morgan fingerprint density at radius 3 is 2.64 bits per heavy atom. The summed E-state index contributed by atoms with van der Waals surface area (Å²) in [5.41, 5.74) is 0.416. The lowest BCUT2D eigenvalue weighted by atomic mass is 10.3. The van der Waals surface area contributed by atoms with E-state index in [9.17, 15) is 4.79 Å². The quantitative estimate of drug-likeness (QED) is 0.458. The highest BCUT2D eigenvalue weighted by molar-refractivity contribution is 5.98. The van der Waals surface area contributed by atoms with Gasteiger partial charge in [0.15, 0.2) is 0 Å². The van der Waals surface area contributed by atoms with E-state index in [1.54, 1.807) is 6.92 Å². The number of hydrogen-bond donors (Lipinski definition) is 2. The normalized spacial score (nSPS) is 9.27. The zero-order valence-electron chi connectivity index (χ0n) is 7.24. The number of amides is 1. The first-order valence-corrected chi connectivity index (χ1v) is 3.97. The van der Waals surface area contributed by atoms with Gasteiger partial charge in [0.25, 0.3) is 0 Å². The molecule has 0 saturated heterocycles. The first kappa shape index (κ1) is 10.1. The largest absolute Gasteiger partial charge is 0.356 e. The summed E-state index contributed by atoms with van der Waals surface area (Å²) >= 11 is 0. The number of carbonyl (C=O) groups excluding carboxylic acids is 1. The molecule has 0 aliphatic carbocycles. The molecule has 1 amide bonds. The van der Waals surface area contributed by atoms with Crippen LogP contribution in [0.15, 0.2) is 0 Å². The van der Waals surface area contributed by atoms with Gasteiger partial charge in [-0.2, -0.15) is 0 Å². The van der Waals surface area contributed by atoms with Crippen LogP contribution in [0.3, 0.4) is 0 Å². The number of nitrogens with one attached hydrogen (secondary N) is 2. The first-order valence-electron chi connectivity index (χ1n) is 3.97. The predicted molar refractivity (Wildman–Crippen MR) is 45.9 cm³/mol. The third-order valence-corrected chi connectivity index (χ3v) is 1.28. The molecule has 0 aromatic heterocycles. The van der Waals surface area contributed by atoms with Gasteiger partial charge in [0, 0.05) is 12.3 Å². The summed E-state index contributed by atoms with van der Waals surface area (Å²) in [6.07, 6.45) is 2.34. The lowest BCUT2D eigenvalue weighted by molar-refractivity contribution is -0.119. The van der Waals surface area contributed by atoms with Crippen LogP contribution in [0.2, 0.25) is 0 Å². The minimum atomic E-state index is -0.0362. The van der Waals surface area contributed by atoms with Crippen LogP contribution in [0.4, 0.5) is 0 Å². The molecule has 3 nitrogen and oxygen atoms in total. The van der Waals surface area contributed by atoms with Gasteiger partial charge >= 0.3 is 0 Å². The highest BCUT2D eigenvalue weighted by Crippen LogP contribution is 1.85. The summed E-state index contributed by atoms with van der Waals surface area (Å²) in [4.78, 5) is 10.9. The standard InChI is InChI=1S/C8H16N2O/c1-3-4-5-10-8(11)6-7(2)9/h9H,3-6H2,1-2H3,(H,10,11). The van der Waals surface area contributed by atoms with E-state index >= 15 is 0 Å². The van der Waals surface area contributed by atoms with Gasteiger partial charge in [0.05, 0.1) is 6.42 Å². The minimum Gasteiger partial charge on any atom is -0.356 e. The van der Waals surface area contributed by atoms with E-state index in [1.807, 2.05) is 0 Å². The third-order valence-electron chi connectivity index (χ3n) is 1.28. The van der Waals surface area contributed by atoms with E-state index in [0.29, 0.717) is 5.71 Å². The van der Waals surface area contributed by atoms with Gasteiger partial charge in [-0.25, -0.2) is 0 Å². The van der Waals surface area contributed by atoms with Crippen molar-refractivity contribution in [1.29, 1.82) is 5.41 Å². The molecule has 0 heterocycles. The molecule has 0 aliphatic rings. The maximum atomic E-state index is 10.9. The molecule has 0 aromatic carbocycles. The summed E-state index contributed by atoms with van der Waals surface area (Å²) in [5.74, 6) is -0.0362. The Balaban J connectivity index is 3.30. The zero-order chi connectivity index (χ0) is 8.69. The maximum Gasteiger partial charge on any atom is 0.225 e. The third kappa shape index (κ3) is 7.03. The smallest absolute Gasteiger partial charge is 0.225 e. The Labute approximate surface area is 67.7 Å². The molecule has 3 heteroatoms. The van der Waals surface area contributed by atoms with Gasteiger partial charge in [-0.1, -0.05) is 13.3 Å². The second-order valence-corrected chi connectivity index (χ2v) is 2.66. The van der Waals surface area contributed by atoms with Crippen molar-refractivity contribution in [3.8, 4) is 0 Å². The fraction of sp³-hybridized carbons (Fsp3) is 0.750. The Kier molecular flexibility index (Phi) is 5.43. The number of unbranched alkanes of at least 4 members (excludes halogenated alkanes) is 1. The van der Waals surface area contributed by atoms with E-state index in [-0.39, 0.29) is 12.3 Å². The van der Waals surface area contributed by atoms with Crippen LogP contribution < -0.4 is 5.32 Å². The van der Waals surface area contributed by atoms with E-state index in [0.717, 1.165) is 19.4 Å². The van der Waals surface area contributed by atoms with E-state index in [4.69, 9.17) is 5.41 Å². The monoisotopic (exact) mass is 156 g/mol. The van der Waals surface area contributed by atoms with Crippen molar-refractivity contribution >= 4 is 11.6 Å². The molecule has 64 valence electrons. The average molecular weight is 156 g/mol. The highest BCUT2D eigenvalue weighted by atomic mass is 16.1. The molecule has 0 atom stereocenters. The van der Waals surface area contributed by atoms with E-state index in [1.165, 1.54) is 0 Å². The average Bonchev–Trinajstić information content (AvgIpc) is 1.86. The van der Waals surface area contributed by atoms with E-state index < -0.39 is 0 Å². The second-order valence-electron chi connectivity index (χ2n) is 2.66. The van der Waals surface area contributed by atoms with Crippen LogP contribution in [0.1, 0.15) is 33.1 Å². The zero-order valence-corrected chi connectivity index (χ0v) is 7.24. The second kappa shape index (κ2) is 5.89. The van der Waals surface area contributed by atoms with Crippen molar-refractivity contribution in [1.82, 2.24) is 5.32 Å². The Hall–Kier alpha value is -0.860. The van der Waals surface area contributed by atoms with Gasteiger partial charge in [-0.15, -0.1) is 0 Å². The molecule has 0 rings (SSSR count). The maximum absolute atomic E-state index is 10.9. The van der Waals surface area contributed by atoms with Crippen molar-refractivity contribution in [2.24, 2.45) is 0 Å². The van der Waals surface area contributed by atoms with Crippen molar-refractivity contribution in [2.75, 3.05) is 6.54 Å². The van der Waals surface area contributed by atoms with E-state index in [2.05, 4.69) is 12.2 Å². The van der Waals surface area contributed by atoms with Gasteiger partial charge in [-0.05, 0) is 13.3 Å². The molecular formula is C8H16N2O. The lowest BCUT2D eigenvalue weighted by Crippen LogP contribution is -2.25. The molecule has 0 saturated carbocycles. The van der Waals surface area contributed by atoms with Crippen molar-refractivity contribution in [3.63, 3.8) is 0 Å². The molecule has 0 aromatic rings. The topological polar surface area (TPSA) is 53.0 Å². The summed E-state index contributed by atoms with van der Waals surface area (Å²) in [6.45, 7) is 4.45.